The molecule has 2 nitrogen and oxygen atoms in total. The van der Waals surface area contributed by atoms with Crippen molar-refractivity contribution in [2.45, 2.75) is 19.9 Å². The van der Waals surface area contributed by atoms with E-state index in [-0.39, 0.29) is 0 Å². The van der Waals surface area contributed by atoms with E-state index in [2.05, 4.69) is 12.2 Å². The van der Waals surface area contributed by atoms with Crippen LogP contribution in [0.25, 0.3) is 0 Å². The standard InChI is InChI=1S/C16H17Cl2NO/c1-2-9-19-11-12-3-6-15(10-16(12)18)20-14-7-4-13(17)5-8-14/h3-8,10,19H,2,9,11H2,1H3. The molecule has 0 saturated carbocycles. The molecule has 0 bridgehead atoms. The van der Waals surface area contributed by atoms with Crippen molar-refractivity contribution >= 4 is 23.2 Å². The monoisotopic (exact) mass is 309 g/mol. The van der Waals surface area contributed by atoms with Gasteiger partial charge in [-0.05, 0) is 54.9 Å². The van der Waals surface area contributed by atoms with Crippen LogP contribution < -0.4 is 10.1 Å². The third-order valence-electron chi connectivity index (χ3n) is 2.82. The lowest BCUT2D eigenvalue weighted by molar-refractivity contribution is 0.482. The zero-order valence-corrected chi connectivity index (χ0v) is 12.8. The van der Waals surface area contributed by atoms with Crippen LogP contribution in [0.4, 0.5) is 0 Å². The molecule has 0 saturated heterocycles. The van der Waals surface area contributed by atoms with E-state index in [4.69, 9.17) is 27.9 Å². The SMILES string of the molecule is CCCNCc1ccc(Oc2ccc(Cl)cc2)cc1Cl. The normalized spacial score (nSPS) is 10.6. The Morgan fingerprint density at radius 1 is 1.00 bits per heavy atom. The van der Waals surface area contributed by atoms with Crippen LogP contribution in [0.1, 0.15) is 18.9 Å². The Balaban J connectivity index is 2.03. The zero-order chi connectivity index (χ0) is 14.4. The molecule has 0 aliphatic heterocycles. The summed E-state index contributed by atoms with van der Waals surface area (Å²) >= 11 is 12.1. The fourth-order valence-electron chi connectivity index (χ4n) is 1.77. The highest BCUT2D eigenvalue weighted by Crippen LogP contribution is 2.27. The topological polar surface area (TPSA) is 21.3 Å². The van der Waals surface area contributed by atoms with E-state index in [9.17, 15) is 0 Å². The maximum absolute atomic E-state index is 6.26. The van der Waals surface area contributed by atoms with Gasteiger partial charge in [-0.25, -0.2) is 0 Å². The van der Waals surface area contributed by atoms with E-state index in [0.717, 1.165) is 36.6 Å². The molecule has 2 aromatic rings. The van der Waals surface area contributed by atoms with Crippen molar-refractivity contribution in [3.8, 4) is 11.5 Å². The first kappa shape index (κ1) is 15.2. The molecule has 106 valence electrons. The van der Waals surface area contributed by atoms with Gasteiger partial charge in [-0.2, -0.15) is 0 Å². The molecule has 0 unspecified atom stereocenters. The largest absolute Gasteiger partial charge is 0.457 e. The minimum Gasteiger partial charge on any atom is -0.457 e. The molecule has 0 aliphatic rings. The molecule has 1 N–H and O–H groups in total. The summed E-state index contributed by atoms with van der Waals surface area (Å²) in [5.41, 5.74) is 1.07. The number of ether oxygens (including phenoxy) is 1. The molecule has 0 spiro atoms. The lowest BCUT2D eigenvalue weighted by atomic mass is 10.2. The fourth-order valence-corrected chi connectivity index (χ4v) is 2.14. The predicted octanol–water partition coefficient (Wildman–Crippen LogP) is 5.29. The highest BCUT2D eigenvalue weighted by atomic mass is 35.5. The first-order valence-electron chi connectivity index (χ1n) is 6.61. The van der Waals surface area contributed by atoms with Gasteiger partial charge in [0.05, 0.1) is 0 Å². The van der Waals surface area contributed by atoms with Crippen LogP contribution in [0.2, 0.25) is 10.0 Å². The van der Waals surface area contributed by atoms with E-state index in [1.165, 1.54) is 0 Å². The Kier molecular flexibility index (Phi) is 5.72. The summed E-state index contributed by atoms with van der Waals surface area (Å²) in [6, 6.07) is 13.0. The smallest absolute Gasteiger partial charge is 0.128 e. The number of benzene rings is 2. The Hall–Kier alpha value is -1.22. The Morgan fingerprint density at radius 3 is 2.35 bits per heavy atom. The van der Waals surface area contributed by atoms with Gasteiger partial charge < -0.3 is 10.1 Å². The summed E-state index contributed by atoms with van der Waals surface area (Å²) in [7, 11) is 0. The highest BCUT2D eigenvalue weighted by Gasteiger charge is 2.03. The summed E-state index contributed by atoms with van der Waals surface area (Å²) in [5, 5.41) is 4.72. The molecule has 0 fully saturated rings. The Labute approximate surface area is 129 Å². The van der Waals surface area contributed by atoms with E-state index < -0.39 is 0 Å². The van der Waals surface area contributed by atoms with Crippen molar-refractivity contribution in [3.63, 3.8) is 0 Å². The van der Waals surface area contributed by atoms with E-state index >= 15 is 0 Å². The molecular formula is C16H17Cl2NO. The van der Waals surface area contributed by atoms with Gasteiger partial charge in [0, 0.05) is 16.6 Å². The van der Waals surface area contributed by atoms with Gasteiger partial charge in [-0.3, -0.25) is 0 Å². The third-order valence-corrected chi connectivity index (χ3v) is 3.42. The summed E-state index contributed by atoms with van der Waals surface area (Å²) in [5.74, 6) is 1.46. The highest BCUT2D eigenvalue weighted by molar-refractivity contribution is 6.31. The maximum Gasteiger partial charge on any atom is 0.128 e. The second-order valence-corrected chi connectivity index (χ2v) is 5.33. The van der Waals surface area contributed by atoms with Gasteiger partial charge in [0.15, 0.2) is 0 Å². The van der Waals surface area contributed by atoms with Gasteiger partial charge in [-0.1, -0.05) is 36.2 Å². The van der Waals surface area contributed by atoms with Crippen molar-refractivity contribution < 1.29 is 4.74 Å². The molecule has 0 atom stereocenters. The Bertz CT molecular complexity index is 555. The molecule has 0 aliphatic carbocycles. The van der Waals surface area contributed by atoms with Crippen LogP contribution in [0, 0.1) is 0 Å². The maximum atomic E-state index is 6.26. The van der Waals surface area contributed by atoms with Crippen LogP contribution >= 0.6 is 23.2 Å². The minimum absolute atomic E-state index is 0.688. The van der Waals surface area contributed by atoms with Gasteiger partial charge in [0.2, 0.25) is 0 Å². The van der Waals surface area contributed by atoms with Gasteiger partial charge >= 0.3 is 0 Å². The van der Waals surface area contributed by atoms with Crippen molar-refractivity contribution in [2.24, 2.45) is 0 Å². The molecule has 0 amide bonds. The predicted molar refractivity (Wildman–Crippen MR) is 85.0 cm³/mol. The van der Waals surface area contributed by atoms with Crippen LogP contribution in [0.5, 0.6) is 11.5 Å². The first-order valence-corrected chi connectivity index (χ1v) is 7.37. The average Bonchev–Trinajstić information content (AvgIpc) is 2.44. The van der Waals surface area contributed by atoms with Crippen LogP contribution in [-0.4, -0.2) is 6.54 Å². The lowest BCUT2D eigenvalue weighted by Gasteiger charge is -2.09. The number of hydrogen-bond acceptors (Lipinski definition) is 2. The quantitative estimate of drug-likeness (QED) is 0.732. The number of hydrogen-bond donors (Lipinski definition) is 1. The van der Waals surface area contributed by atoms with Crippen molar-refractivity contribution in [1.29, 1.82) is 0 Å². The summed E-state index contributed by atoms with van der Waals surface area (Å²) in [6.45, 7) is 3.89. The van der Waals surface area contributed by atoms with Gasteiger partial charge in [-0.15, -0.1) is 0 Å². The molecule has 2 aromatic carbocycles. The molecular weight excluding hydrogens is 293 g/mol. The second kappa shape index (κ2) is 7.53. The summed E-state index contributed by atoms with van der Waals surface area (Å²) in [4.78, 5) is 0. The number of nitrogens with one attached hydrogen (secondary N) is 1. The molecule has 0 aromatic heterocycles. The number of rotatable bonds is 6. The molecule has 0 heterocycles. The molecule has 2 rings (SSSR count). The molecule has 4 heteroatoms. The number of halogens is 2. The van der Waals surface area contributed by atoms with Crippen LogP contribution in [0.3, 0.4) is 0 Å². The van der Waals surface area contributed by atoms with Crippen LogP contribution in [0.15, 0.2) is 42.5 Å². The first-order chi connectivity index (χ1) is 9.69. The van der Waals surface area contributed by atoms with Crippen molar-refractivity contribution in [1.82, 2.24) is 5.32 Å². The van der Waals surface area contributed by atoms with E-state index in [1.807, 2.05) is 30.3 Å². The Morgan fingerprint density at radius 2 is 1.70 bits per heavy atom. The van der Waals surface area contributed by atoms with Crippen molar-refractivity contribution in [2.75, 3.05) is 6.54 Å². The second-order valence-electron chi connectivity index (χ2n) is 4.49. The third kappa shape index (κ3) is 4.41. The van der Waals surface area contributed by atoms with Gasteiger partial charge in [0.25, 0.3) is 0 Å². The molecule has 0 radical (unpaired) electrons. The lowest BCUT2D eigenvalue weighted by Crippen LogP contribution is -2.13. The summed E-state index contributed by atoms with van der Waals surface area (Å²) in [6.07, 6.45) is 1.11. The fraction of sp³-hybridized carbons (Fsp3) is 0.250. The molecule has 20 heavy (non-hydrogen) atoms. The van der Waals surface area contributed by atoms with Crippen molar-refractivity contribution in [3.05, 3.63) is 58.1 Å². The van der Waals surface area contributed by atoms with E-state index in [1.54, 1.807) is 12.1 Å². The minimum atomic E-state index is 0.688. The summed E-state index contributed by atoms with van der Waals surface area (Å²) < 4.78 is 5.73. The van der Waals surface area contributed by atoms with E-state index in [0.29, 0.717) is 10.0 Å². The van der Waals surface area contributed by atoms with Gasteiger partial charge in [0.1, 0.15) is 11.5 Å². The van der Waals surface area contributed by atoms with Crippen LogP contribution in [-0.2, 0) is 6.54 Å². The zero-order valence-electron chi connectivity index (χ0n) is 11.3. The average molecular weight is 310 g/mol.